The molecular formula is C15H20F2N2O2. The first-order chi connectivity index (χ1) is 9.95. The number of aryl methyl sites for hydroxylation is 1. The summed E-state index contributed by atoms with van der Waals surface area (Å²) in [5.41, 5.74) is 7.25. The Morgan fingerprint density at radius 3 is 2.86 bits per heavy atom. The number of amides is 1. The molecule has 1 amide bonds. The van der Waals surface area contributed by atoms with E-state index in [0.717, 1.165) is 18.4 Å². The Morgan fingerprint density at radius 2 is 2.24 bits per heavy atom. The van der Waals surface area contributed by atoms with Crippen molar-refractivity contribution < 1.29 is 18.3 Å². The number of nitrogens with two attached hydrogens (primary N) is 1. The largest absolute Gasteiger partial charge is 0.434 e. The van der Waals surface area contributed by atoms with Crippen molar-refractivity contribution in [1.29, 1.82) is 0 Å². The lowest BCUT2D eigenvalue weighted by Gasteiger charge is -2.14. The maximum Gasteiger partial charge on any atom is 0.387 e. The number of halogens is 2. The molecule has 0 bridgehead atoms. The lowest BCUT2D eigenvalue weighted by atomic mass is 10.1. The zero-order valence-corrected chi connectivity index (χ0v) is 11.9. The highest BCUT2D eigenvalue weighted by Gasteiger charge is 2.27. The van der Waals surface area contributed by atoms with Crippen LogP contribution in [-0.2, 0) is 11.3 Å². The normalized spacial score (nSPS) is 21.6. The Kier molecular flexibility index (Phi) is 5.12. The Labute approximate surface area is 122 Å². The summed E-state index contributed by atoms with van der Waals surface area (Å²) < 4.78 is 29.2. The number of hydrogen-bond donors (Lipinski definition) is 2. The topological polar surface area (TPSA) is 64.3 Å². The van der Waals surface area contributed by atoms with E-state index in [1.165, 1.54) is 6.07 Å². The lowest BCUT2D eigenvalue weighted by Crippen LogP contribution is -2.30. The minimum absolute atomic E-state index is 0.0764. The van der Waals surface area contributed by atoms with E-state index in [2.05, 4.69) is 10.1 Å². The van der Waals surface area contributed by atoms with Crippen molar-refractivity contribution in [3.63, 3.8) is 0 Å². The highest BCUT2D eigenvalue weighted by atomic mass is 19.3. The quantitative estimate of drug-likeness (QED) is 0.877. The zero-order chi connectivity index (χ0) is 15.4. The summed E-state index contributed by atoms with van der Waals surface area (Å²) in [6.45, 7) is -0.850. The van der Waals surface area contributed by atoms with Crippen molar-refractivity contribution in [2.45, 2.75) is 45.4 Å². The average molecular weight is 298 g/mol. The summed E-state index contributed by atoms with van der Waals surface area (Å²) in [6, 6.07) is 5.00. The van der Waals surface area contributed by atoms with Crippen LogP contribution in [-0.4, -0.2) is 18.6 Å². The van der Waals surface area contributed by atoms with Gasteiger partial charge in [0.1, 0.15) is 5.75 Å². The number of hydrogen-bond acceptors (Lipinski definition) is 3. The van der Waals surface area contributed by atoms with Crippen LogP contribution in [0.15, 0.2) is 18.2 Å². The highest BCUT2D eigenvalue weighted by molar-refractivity contribution is 5.79. The molecule has 1 fully saturated rings. The molecule has 2 atom stereocenters. The number of carbonyl (C=O) groups excluding carboxylic acids is 1. The third-order valence-electron chi connectivity index (χ3n) is 3.73. The van der Waals surface area contributed by atoms with E-state index in [-0.39, 0.29) is 30.2 Å². The van der Waals surface area contributed by atoms with Crippen LogP contribution in [0.5, 0.6) is 5.75 Å². The number of nitrogens with one attached hydrogen (secondary N) is 1. The van der Waals surface area contributed by atoms with Gasteiger partial charge >= 0.3 is 6.61 Å². The van der Waals surface area contributed by atoms with Crippen LogP contribution in [0.4, 0.5) is 8.78 Å². The van der Waals surface area contributed by atoms with Gasteiger partial charge in [-0.05, 0) is 32.3 Å². The van der Waals surface area contributed by atoms with Crippen molar-refractivity contribution in [2.24, 2.45) is 11.7 Å². The molecule has 116 valence electrons. The number of benzene rings is 1. The minimum atomic E-state index is -2.88. The molecule has 1 saturated carbocycles. The first kappa shape index (κ1) is 15.7. The smallest absolute Gasteiger partial charge is 0.387 e. The second kappa shape index (κ2) is 6.85. The van der Waals surface area contributed by atoms with E-state index in [1.54, 1.807) is 12.1 Å². The summed E-state index contributed by atoms with van der Waals surface area (Å²) >= 11 is 0. The highest BCUT2D eigenvalue weighted by Crippen LogP contribution is 2.25. The monoisotopic (exact) mass is 298 g/mol. The van der Waals surface area contributed by atoms with E-state index in [4.69, 9.17) is 5.73 Å². The molecule has 2 rings (SSSR count). The van der Waals surface area contributed by atoms with Gasteiger partial charge in [-0.15, -0.1) is 0 Å². The third-order valence-corrected chi connectivity index (χ3v) is 3.73. The van der Waals surface area contributed by atoms with Crippen LogP contribution >= 0.6 is 0 Å². The van der Waals surface area contributed by atoms with Gasteiger partial charge in [-0.1, -0.05) is 17.7 Å². The van der Waals surface area contributed by atoms with Gasteiger partial charge < -0.3 is 15.8 Å². The summed E-state index contributed by atoms with van der Waals surface area (Å²) in [7, 11) is 0. The Bertz CT molecular complexity index is 508. The molecule has 1 aromatic carbocycles. The Morgan fingerprint density at radius 1 is 1.48 bits per heavy atom. The van der Waals surface area contributed by atoms with Crippen LogP contribution in [0.2, 0.25) is 0 Å². The summed E-state index contributed by atoms with van der Waals surface area (Å²) in [5, 5.41) is 2.78. The van der Waals surface area contributed by atoms with Gasteiger partial charge in [0, 0.05) is 24.1 Å². The molecule has 2 unspecified atom stereocenters. The molecule has 3 N–H and O–H groups in total. The SMILES string of the molecule is Cc1ccc(OC(F)F)c(CNC(=O)C2CCC(N)C2)c1. The fraction of sp³-hybridized carbons (Fsp3) is 0.533. The molecule has 21 heavy (non-hydrogen) atoms. The summed E-state index contributed by atoms with van der Waals surface area (Å²) in [5.74, 6) is -0.0595. The molecule has 1 aliphatic carbocycles. The molecule has 0 heterocycles. The van der Waals surface area contributed by atoms with E-state index in [9.17, 15) is 13.6 Å². The van der Waals surface area contributed by atoms with Crippen molar-refractivity contribution in [3.05, 3.63) is 29.3 Å². The van der Waals surface area contributed by atoms with Crippen molar-refractivity contribution in [2.75, 3.05) is 0 Å². The molecule has 0 aromatic heterocycles. The fourth-order valence-electron chi connectivity index (χ4n) is 2.64. The molecule has 4 nitrogen and oxygen atoms in total. The number of alkyl halides is 2. The van der Waals surface area contributed by atoms with Crippen molar-refractivity contribution in [1.82, 2.24) is 5.32 Å². The number of ether oxygens (including phenoxy) is 1. The molecule has 0 saturated heterocycles. The van der Waals surface area contributed by atoms with Crippen LogP contribution < -0.4 is 15.8 Å². The number of rotatable bonds is 5. The van der Waals surface area contributed by atoms with Crippen LogP contribution in [0.25, 0.3) is 0 Å². The minimum Gasteiger partial charge on any atom is -0.434 e. The molecule has 6 heteroatoms. The van der Waals surface area contributed by atoms with Gasteiger partial charge in [0.25, 0.3) is 0 Å². The predicted molar refractivity (Wildman–Crippen MR) is 75.0 cm³/mol. The van der Waals surface area contributed by atoms with Gasteiger partial charge in [-0.3, -0.25) is 4.79 Å². The van der Waals surface area contributed by atoms with Crippen molar-refractivity contribution >= 4 is 5.91 Å². The molecule has 1 aromatic rings. The van der Waals surface area contributed by atoms with Crippen LogP contribution in [0, 0.1) is 12.8 Å². The van der Waals surface area contributed by atoms with E-state index in [0.29, 0.717) is 12.0 Å². The van der Waals surface area contributed by atoms with E-state index >= 15 is 0 Å². The number of carbonyl (C=O) groups is 1. The summed E-state index contributed by atoms with van der Waals surface area (Å²) in [6.07, 6.45) is 2.31. The van der Waals surface area contributed by atoms with Gasteiger partial charge in [-0.25, -0.2) is 0 Å². The zero-order valence-electron chi connectivity index (χ0n) is 11.9. The first-order valence-corrected chi connectivity index (χ1v) is 7.03. The second-order valence-electron chi connectivity index (χ2n) is 5.48. The third kappa shape index (κ3) is 4.39. The maximum absolute atomic E-state index is 12.4. The fourth-order valence-corrected chi connectivity index (χ4v) is 2.64. The molecule has 0 radical (unpaired) electrons. The second-order valence-corrected chi connectivity index (χ2v) is 5.48. The Balaban J connectivity index is 1.98. The average Bonchev–Trinajstić information content (AvgIpc) is 2.85. The lowest BCUT2D eigenvalue weighted by molar-refractivity contribution is -0.125. The Hall–Kier alpha value is -1.69. The predicted octanol–water partition coefficient (Wildman–Crippen LogP) is 2.34. The molecule has 0 aliphatic heterocycles. The van der Waals surface area contributed by atoms with E-state index in [1.807, 2.05) is 6.92 Å². The van der Waals surface area contributed by atoms with Crippen LogP contribution in [0.3, 0.4) is 0 Å². The summed E-state index contributed by atoms with van der Waals surface area (Å²) in [4.78, 5) is 12.0. The van der Waals surface area contributed by atoms with E-state index < -0.39 is 6.61 Å². The standard InChI is InChI=1S/C15H20F2N2O2/c1-9-2-5-13(21-15(16)17)11(6-9)8-19-14(20)10-3-4-12(18)7-10/h2,5-6,10,12,15H,3-4,7-8,18H2,1H3,(H,19,20). The molecule has 0 spiro atoms. The van der Waals surface area contributed by atoms with Gasteiger partial charge in [-0.2, -0.15) is 8.78 Å². The van der Waals surface area contributed by atoms with Crippen molar-refractivity contribution in [3.8, 4) is 5.75 Å². The molecular weight excluding hydrogens is 278 g/mol. The van der Waals surface area contributed by atoms with Gasteiger partial charge in [0.2, 0.25) is 5.91 Å². The first-order valence-electron chi connectivity index (χ1n) is 7.03. The van der Waals surface area contributed by atoms with Gasteiger partial charge in [0.15, 0.2) is 0 Å². The van der Waals surface area contributed by atoms with Gasteiger partial charge in [0.05, 0.1) is 0 Å². The molecule has 1 aliphatic rings. The maximum atomic E-state index is 12.4. The van der Waals surface area contributed by atoms with Crippen LogP contribution in [0.1, 0.15) is 30.4 Å².